The van der Waals surface area contributed by atoms with Gasteiger partial charge in [0.05, 0.1) is 5.69 Å². The van der Waals surface area contributed by atoms with Crippen molar-refractivity contribution in [2.45, 2.75) is 70.2 Å². The number of imide groups is 1. The molecule has 3 saturated heterocycles. The van der Waals surface area contributed by atoms with E-state index in [1.165, 1.54) is 11.0 Å². The third-order valence-corrected chi connectivity index (χ3v) is 7.00. The van der Waals surface area contributed by atoms with Gasteiger partial charge in [0.15, 0.2) is 0 Å². The minimum Gasteiger partial charge on any atom is -0.363 e. The molecule has 0 aliphatic carbocycles. The van der Waals surface area contributed by atoms with Crippen LogP contribution in [-0.4, -0.2) is 64.3 Å². The van der Waals surface area contributed by atoms with E-state index in [0.717, 1.165) is 25.1 Å². The van der Waals surface area contributed by atoms with E-state index in [0.29, 0.717) is 23.7 Å². The van der Waals surface area contributed by atoms with E-state index in [1.54, 1.807) is 6.07 Å². The second-order valence-corrected chi connectivity index (χ2v) is 9.88. The molecule has 7 nitrogen and oxygen atoms in total. The lowest BCUT2D eigenvalue weighted by Gasteiger charge is -2.42. The lowest BCUT2D eigenvalue weighted by Crippen LogP contribution is -2.53. The van der Waals surface area contributed by atoms with Gasteiger partial charge in [-0.25, -0.2) is 4.39 Å². The van der Waals surface area contributed by atoms with Crippen LogP contribution in [0.4, 0.5) is 10.1 Å². The summed E-state index contributed by atoms with van der Waals surface area (Å²) in [5.74, 6) is -1.50. The lowest BCUT2D eigenvalue weighted by molar-refractivity contribution is -0.136. The molecule has 4 aliphatic heterocycles. The van der Waals surface area contributed by atoms with Crippen LogP contribution >= 0.6 is 0 Å². The summed E-state index contributed by atoms with van der Waals surface area (Å²) in [6.07, 6.45) is 1.53. The molecule has 160 valence electrons. The molecule has 3 amide bonds. The number of fused-ring (bicyclic) bond motifs is 3. The molecule has 0 saturated carbocycles. The maximum absolute atomic E-state index is 15.1. The van der Waals surface area contributed by atoms with Crippen LogP contribution in [0.1, 0.15) is 56.0 Å². The van der Waals surface area contributed by atoms with Gasteiger partial charge < -0.3 is 9.80 Å². The number of amides is 3. The fraction of sp³-hybridized carbons (Fsp3) is 0.591. The molecule has 30 heavy (non-hydrogen) atoms. The monoisotopic (exact) mass is 414 g/mol. The Morgan fingerprint density at radius 2 is 1.83 bits per heavy atom. The number of carbonyl (C=O) groups is 3. The highest BCUT2D eigenvalue weighted by Gasteiger charge is 2.48. The first-order chi connectivity index (χ1) is 14.1. The predicted molar refractivity (Wildman–Crippen MR) is 108 cm³/mol. The normalized spacial score (nSPS) is 29.1. The number of rotatable bonds is 2. The molecule has 1 N–H and O–H groups in total. The maximum Gasteiger partial charge on any atom is 0.255 e. The number of likely N-dealkylation sites (tertiary alicyclic amines) is 1. The summed E-state index contributed by atoms with van der Waals surface area (Å²) in [5, 5.41) is 2.30. The number of piperidine rings is 1. The third-order valence-electron chi connectivity index (χ3n) is 7.00. The van der Waals surface area contributed by atoms with E-state index in [1.807, 2.05) is 0 Å². The van der Waals surface area contributed by atoms with Crippen molar-refractivity contribution in [3.8, 4) is 0 Å². The van der Waals surface area contributed by atoms with Crippen molar-refractivity contribution in [1.82, 2.24) is 15.1 Å². The Kier molecular flexibility index (Phi) is 4.23. The minimum atomic E-state index is -0.683. The quantitative estimate of drug-likeness (QED) is 0.745. The fourth-order valence-corrected chi connectivity index (χ4v) is 5.58. The first kappa shape index (κ1) is 19.5. The van der Waals surface area contributed by atoms with E-state index in [-0.39, 0.29) is 42.2 Å². The summed E-state index contributed by atoms with van der Waals surface area (Å²) in [6.45, 7) is 8.59. The molecule has 2 bridgehead atoms. The van der Waals surface area contributed by atoms with Crippen LogP contribution in [0.3, 0.4) is 0 Å². The number of benzene rings is 1. The third kappa shape index (κ3) is 2.92. The van der Waals surface area contributed by atoms with Gasteiger partial charge in [0.1, 0.15) is 11.9 Å². The van der Waals surface area contributed by atoms with Gasteiger partial charge in [-0.1, -0.05) is 0 Å². The zero-order valence-corrected chi connectivity index (χ0v) is 17.6. The van der Waals surface area contributed by atoms with Crippen molar-refractivity contribution in [3.63, 3.8) is 0 Å². The maximum atomic E-state index is 15.1. The van der Waals surface area contributed by atoms with Crippen molar-refractivity contribution in [1.29, 1.82) is 0 Å². The fourth-order valence-electron chi connectivity index (χ4n) is 5.58. The molecule has 4 aliphatic rings. The van der Waals surface area contributed by atoms with Crippen LogP contribution in [0, 0.1) is 5.82 Å². The molecular formula is C22H27FN4O3. The minimum absolute atomic E-state index is 0.0941. The van der Waals surface area contributed by atoms with Crippen molar-refractivity contribution in [2.75, 3.05) is 18.0 Å². The average molecular weight is 414 g/mol. The van der Waals surface area contributed by atoms with Gasteiger partial charge in [-0.05, 0) is 51.3 Å². The average Bonchev–Trinajstić information content (AvgIpc) is 3.34. The number of halogens is 1. The summed E-state index contributed by atoms with van der Waals surface area (Å²) in [5.41, 5.74) is 1.71. The number of anilines is 1. The smallest absolute Gasteiger partial charge is 0.255 e. The van der Waals surface area contributed by atoms with Crippen molar-refractivity contribution in [3.05, 3.63) is 29.1 Å². The molecular weight excluding hydrogens is 387 g/mol. The van der Waals surface area contributed by atoms with E-state index in [4.69, 9.17) is 0 Å². The van der Waals surface area contributed by atoms with Crippen LogP contribution in [0.25, 0.3) is 0 Å². The molecule has 0 unspecified atom stereocenters. The van der Waals surface area contributed by atoms with Gasteiger partial charge in [0.2, 0.25) is 11.8 Å². The first-order valence-electron chi connectivity index (χ1n) is 10.6. The molecule has 3 atom stereocenters. The standard InChI is InChI=1S/C22H27FN4O3/c1-22(2,3)27-11-13-7-14(27)10-25(13)18-6-12-9-26(21(30)15(12)8-16(18)23)17-4-5-19(28)24-20(17)29/h6,8,13-14,17H,4-5,7,9-11H2,1-3H3,(H,24,28,29)/t13-,14-,17+/m1/s1. The van der Waals surface area contributed by atoms with Gasteiger partial charge in [-0.2, -0.15) is 0 Å². The number of carbonyl (C=O) groups excluding carboxylic acids is 3. The summed E-state index contributed by atoms with van der Waals surface area (Å²) in [6, 6.07) is 3.11. The molecule has 0 aromatic heterocycles. The number of hydrogen-bond acceptors (Lipinski definition) is 5. The zero-order chi connectivity index (χ0) is 21.4. The van der Waals surface area contributed by atoms with E-state index >= 15 is 4.39 Å². The number of hydrogen-bond donors (Lipinski definition) is 1. The lowest BCUT2D eigenvalue weighted by atomic mass is 10.0. The number of piperazine rings is 1. The van der Waals surface area contributed by atoms with E-state index < -0.39 is 11.9 Å². The van der Waals surface area contributed by atoms with Crippen molar-refractivity contribution < 1.29 is 18.8 Å². The topological polar surface area (TPSA) is 73.0 Å². The molecule has 4 heterocycles. The predicted octanol–water partition coefficient (Wildman–Crippen LogP) is 1.65. The van der Waals surface area contributed by atoms with Crippen molar-refractivity contribution in [2.24, 2.45) is 0 Å². The SMILES string of the molecule is CC(C)(C)N1C[C@H]2C[C@@H]1CN2c1cc2c(cc1F)C(=O)N([C@H]1CCC(=O)NC1=O)C2. The van der Waals surface area contributed by atoms with Crippen LogP contribution in [0.5, 0.6) is 0 Å². The Labute approximate surface area is 175 Å². The molecule has 8 heteroatoms. The Balaban J connectivity index is 1.38. The van der Waals surface area contributed by atoms with Gasteiger partial charge in [0.25, 0.3) is 5.91 Å². The second kappa shape index (κ2) is 6.51. The Morgan fingerprint density at radius 1 is 1.07 bits per heavy atom. The molecule has 1 aromatic rings. The molecule has 1 aromatic carbocycles. The first-order valence-corrected chi connectivity index (χ1v) is 10.6. The number of nitrogens with one attached hydrogen (secondary N) is 1. The van der Waals surface area contributed by atoms with Gasteiger partial charge in [0, 0.05) is 49.2 Å². The number of nitrogens with zero attached hydrogens (tertiary/aromatic N) is 3. The molecule has 3 fully saturated rings. The molecule has 0 radical (unpaired) electrons. The summed E-state index contributed by atoms with van der Waals surface area (Å²) < 4.78 is 15.1. The summed E-state index contributed by atoms with van der Waals surface area (Å²) in [7, 11) is 0. The van der Waals surface area contributed by atoms with Crippen LogP contribution in [0.2, 0.25) is 0 Å². The Morgan fingerprint density at radius 3 is 2.47 bits per heavy atom. The highest BCUT2D eigenvalue weighted by Crippen LogP contribution is 2.41. The molecule has 0 spiro atoms. The van der Waals surface area contributed by atoms with E-state index in [2.05, 4.69) is 35.9 Å². The van der Waals surface area contributed by atoms with Gasteiger partial charge in [-0.3, -0.25) is 24.6 Å². The van der Waals surface area contributed by atoms with E-state index in [9.17, 15) is 14.4 Å². The summed E-state index contributed by atoms with van der Waals surface area (Å²) >= 11 is 0. The van der Waals surface area contributed by atoms with Crippen LogP contribution in [-0.2, 0) is 16.1 Å². The highest BCUT2D eigenvalue weighted by molar-refractivity contribution is 6.05. The Hall–Kier alpha value is -2.48. The summed E-state index contributed by atoms with van der Waals surface area (Å²) in [4.78, 5) is 42.6. The largest absolute Gasteiger partial charge is 0.363 e. The van der Waals surface area contributed by atoms with Crippen molar-refractivity contribution >= 4 is 23.4 Å². The van der Waals surface area contributed by atoms with Crippen LogP contribution < -0.4 is 10.2 Å². The highest BCUT2D eigenvalue weighted by atomic mass is 19.1. The van der Waals surface area contributed by atoms with Gasteiger partial charge in [-0.15, -0.1) is 0 Å². The molecule has 5 rings (SSSR count). The zero-order valence-electron chi connectivity index (χ0n) is 17.6. The van der Waals surface area contributed by atoms with Crippen LogP contribution in [0.15, 0.2) is 12.1 Å². The van der Waals surface area contributed by atoms with Gasteiger partial charge >= 0.3 is 0 Å². The second-order valence-electron chi connectivity index (χ2n) is 9.88. The Bertz CT molecular complexity index is 956.